The van der Waals surface area contributed by atoms with Gasteiger partial charge in [0.1, 0.15) is 5.82 Å². The highest BCUT2D eigenvalue weighted by Crippen LogP contribution is 2.21. The zero-order chi connectivity index (χ0) is 24.0. The minimum absolute atomic E-state index is 0.0213. The minimum atomic E-state index is 0.0213. The van der Waals surface area contributed by atoms with E-state index in [1.165, 1.54) is 11.1 Å². The molecule has 0 bridgehead atoms. The number of fused-ring (bicyclic) bond motifs is 1. The number of rotatable bonds is 8. The normalized spacial score (nSPS) is 11.0. The Hall–Kier alpha value is -3.70. The van der Waals surface area contributed by atoms with Gasteiger partial charge in [-0.15, -0.1) is 0 Å². The van der Waals surface area contributed by atoms with Gasteiger partial charge in [-0.3, -0.25) is 4.79 Å². The highest BCUT2D eigenvalue weighted by Gasteiger charge is 2.12. The van der Waals surface area contributed by atoms with Crippen LogP contribution in [0.5, 0.6) is 0 Å². The van der Waals surface area contributed by atoms with Crippen LogP contribution in [-0.2, 0) is 24.2 Å². The molecule has 0 radical (unpaired) electrons. The first-order valence-electron chi connectivity index (χ1n) is 11.8. The molecule has 0 unspecified atom stereocenters. The minimum Gasteiger partial charge on any atom is -0.355 e. The van der Waals surface area contributed by atoms with Crippen LogP contribution in [0.3, 0.4) is 0 Å². The van der Waals surface area contributed by atoms with Gasteiger partial charge in [-0.2, -0.15) is 0 Å². The van der Waals surface area contributed by atoms with E-state index in [1.807, 2.05) is 48.5 Å². The number of carbonyl (C=O) groups excluding carboxylic acids is 1. The van der Waals surface area contributed by atoms with Gasteiger partial charge in [-0.25, -0.2) is 4.98 Å². The van der Waals surface area contributed by atoms with Crippen molar-refractivity contribution >= 4 is 32.9 Å². The van der Waals surface area contributed by atoms with E-state index in [9.17, 15) is 4.79 Å². The third kappa shape index (κ3) is 5.69. The van der Waals surface area contributed by atoms with Gasteiger partial charge in [-0.05, 0) is 46.5 Å². The molecular weight excluding hydrogens is 498 g/mol. The summed E-state index contributed by atoms with van der Waals surface area (Å²) in [5.74, 6) is 0.995. The largest absolute Gasteiger partial charge is 0.355 e. The number of nitrogens with one attached hydrogen (secondary N) is 1. The summed E-state index contributed by atoms with van der Waals surface area (Å²) in [5.41, 5.74) is 6.62. The van der Waals surface area contributed by atoms with E-state index in [2.05, 4.69) is 80.4 Å². The molecule has 4 aromatic carbocycles. The van der Waals surface area contributed by atoms with Crippen molar-refractivity contribution in [1.29, 1.82) is 0 Å². The second-order valence-electron chi connectivity index (χ2n) is 8.57. The number of hydrogen-bond donors (Lipinski definition) is 1. The lowest BCUT2D eigenvalue weighted by Crippen LogP contribution is -2.28. The Kier molecular flexibility index (Phi) is 7.05. The Balaban J connectivity index is 1.22. The number of para-hydroxylation sites is 2. The molecule has 5 rings (SSSR count). The molecule has 0 saturated carbocycles. The summed E-state index contributed by atoms with van der Waals surface area (Å²) < 4.78 is 3.31. The van der Waals surface area contributed by atoms with Crippen molar-refractivity contribution in [2.45, 2.75) is 19.4 Å². The van der Waals surface area contributed by atoms with E-state index in [0.717, 1.165) is 39.0 Å². The summed E-state index contributed by atoms with van der Waals surface area (Å²) in [5, 5.41) is 3.07. The van der Waals surface area contributed by atoms with Gasteiger partial charge in [0, 0.05) is 24.0 Å². The lowest BCUT2D eigenvalue weighted by Gasteiger charge is -2.11. The molecule has 1 aromatic heterocycles. The number of carbonyl (C=O) groups is 1. The molecular formula is C30H26BrN3O. The molecule has 5 aromatic rings. The topological polar surface area (TPSA) is 46.9 Å². The Labute approximate surface area is 213 Å². The lowest BCUT2D eigenvalue weighted by atomic mass is 10.0. The molecule has 5 heteroatoms. The maximum atomic E-state index is 12.6. The molecule has 1 amide bonds. The van der Waals surface area contributed by atoms with Crippen molar-refractivity contribution in [2.24, 2.45) is 0 Å². The molecule has 0 saturated heterocycles. The summed E-state index contributed by atoms with van der Waals surface area (Å²) in [6.07, 6.45) is 1.04. The van der Waals surface area contributed by atoms with Crippen LogP contribution in [-0.4, -0.2) is 22.0 Å². The van der Waals surface area contributed by atoms with Crippen LogP contribution in [0.2, 0.25) is 0 Å². The maximum Gasteiger partial charge on any atom is 0.224 e. The Morgan fingerprint density at radius 2 is 1.43 bits per heavy atom. The standard InChI is InChI=1S/C30H26BrN3O/c31-26-16-12-23(13-17-26)21-34-28-9-5-4-8-27(28)33-29(34)18-19-32-30(35)20-22-10-14-25(15-11-22)24-6-2-1-3-7-24/h1-17H,18-21H2,(H,32,35). The fourth-order valence-electron chi connectivity index (χ4n) is 4.27. The van der Waals surface area contributed by atoms with Crippen molar-refractivity contribution in [3.05, 3.63) is 125 Å². The van der Waals surface area contributed by atoms with Crippen molar-refractivity contribution in [1.82, 2.24) is 14.9 Å². The van der Waals surface area contributed by atoms with Crippen LogP contribution in [0, 0.1) is 0 Å². The summed E-state index contributed by atoms with van der Waals surface area (Å²) in [7, 11) is 0. The Morgan fingerprint density at radius 1 is 0.771 bits per heavy atom. The molecule has 0 aliphatic rings. The average Bonchev–Trinajstić information content (AvgIpc) is 3.23. The fourth-order valence-corrected chi connectivity index (χ4v) is 4.54. The number of aromatic nitrogens is 2. The first-order valence-corrected chi connectivity index (χ1v) is 12.5. The van der Waals surface area contributed by atoms with Gasteiger partial charge in [-0.1, -0.05) is 94.8 Å². The third-order valence-electron chi connectivity index (χ3n) is 6.08. The molecule has 0 aliphatic heterocycles. The quantitative estimate of drug-likeness (QED) is 0.255. The number of imidazole rings is 1. The predicted octanol–water partition coefficient (Wildman–Crippen LogP) is 6.42. The monoisotopic (exact) mass is 523 g/mol. The number of hydrogen-bond acceptors (Lipinski definition) is 2. The molecule has 0 aliphatic carbocycles. The van der Waals surface area contributed by atoms with Gasteiger partial charge in [0.25, 0.3) is 0 Å². The van der Waals surface area contributed by atoms with Crippen molar-refractivity contribution in [2.75, 3.05) is 6.54 Å². The van der Waals surface area contributed by atoms with Crippen molar-refractivity contribution < 1.29 is 4.79 Å². The number of nitrogens with zero attached hydrogens (tertiary/aromatic N) is 2. The maximum absolute atomic E-state index is 12.6. The van der Waals surface area contributed by atoms with E-state index in [4.69, 9.17) is 4.98 Å². The van der Waals surface area contributed by atoms with Crippen LogP contribution >= 0.6 is 15.9 Å². The fraction of sp³-hybridized carbons (Fsp3) is 0.133. The number of halogens is 1. The van der Waals surface area contributed by atoms with Gasteiger partial charge in [0.15, 0.2) is 0 Å². The second kappa shape index (κ2) is 10.7. The van der Waals surface area contributed by atoms with E-state index >= 15 is 0 Å². The molecule has 35 heavy (non-hydrogen) atoms. The third-order valence-corrected chi connectivity index (χ3v) is 6.61. The van der Waals surface area contributed by atoms with Crippen molar-refractivity contribution in [3.8, 4) is 11.1 Å². The first kappa shape index (κ1) is 23.1. The van der Waals surface area contributed by atoms with E-state index < -0.39 is 0 Å². The summed E-state index contributed by atoms with van der Waals surface area (Å²) in [6.45, 7) is 1.29. The van der Waals surface area contributed by atoms with Crippen LogP contribution in [0.25, 0.3) is 22.2 Å². The zero-order valence-corrected chi connectivity index (χ0v) is 20.9. The van der Waals surface area contributed by atoms with Gasteiger partial charge in [0.05, 0.1) is 17.5 Å². The second-order valence-corrected chi connectivity index (χ2v) is 9.48. The first-order chi connectivity index (χ1) is 17.2. The molecule has 174 valence electrons. The van der Waals surface area contributed by atoms with Gasteiger partial charge in [0.2, 0.25) is 5.91 Å². The predicted molar refractivity (Wildman–Crippen MR) is 145 cm³/mol. The Morgan fingerprint density at radius 3 is 2.20 bits per heavy atom. The highest BCUT2D eigenvalue weighted by atomic mass is 79.9. The van der Waals surface area contributed by atoms with Crippen LogP contribution < -0.4 is 5.32 Å². The van der Waals surface area contributed by atoms with Gasteiger partial charge < -0.3 is 9.88 Å². The molecule has 1 N–H and O–H groups in total. The molecule has 0 spiro atoms. The summed E-state index contributed by atoms with van der Waals surface area (Å²) >= 11 is 3.50. The smallest absolute Gasteiger partial charge is 0.224 e. The van der Waals surface area contributed by atoms with E-state index in [1.54, 1.807) is 0 Å². The number of benzene rings is 4. The summed E-state index contributed by atoms with van der Waals surface area (Å²) in [4.78, 5) is 17.4. The van der Waals surface area contributed by atoms with Gasteiger partial charge >= 0.3 is 0 Å². The zero-order valence-electron chi connectivity index (χ0n) is 19.3. The van der Waals surface area contributed by atoms with Crippen molar-refractivity contribution in [3.63, 3.8) is 0 Å². The van der Waals surface area contributed by atoms with E-state index in [-0.39, 0.29) is 5.91 Å². The average molecular weight is 524 g/mol. The molecule has 0 atom stereocenters. The lowest BCUT2D eigenvalue weighted by molar-refractivity contribution is -0.120. The number of amides is 1. The summed E-state index contributed by atoms with van der Waals surface area (Å²) in [6, 6.07) is 35.0. The highest BCUT2D eigenvalue weighted by molar-refractivity contribution is 9.10. The van der Waals surface area contributed by atoms with Crippen LogP contribution in [0.15, 0.2) is 108 Å². The molecule has 0 fully saturated rings. The SMILES string of the molecule is O=C(Cc1ccc(-c2ccccc2)cc1)NCCc1nc2ccccc2n1Cc1ccc(Br)cc1. The Bertz CT molecular complexity index is 1420. The van der Waals surface area contributed by atoms with E-state index in [0.29, 0.717) is 19.4 Å². The molecule has 4 nitrogen and oxygen atoms in total. The molecule has 1 heterocycles. The van der Waals surface area contributed by atoms with Crippen LogP contribution in [0.4, 0.5) is 0 Å². The van der Waals surface area contributed by atoms with Crippen LogP contribution in [0.1, 0.15) is 17.0 Å².